The first-order valence-corrected chi connectivity index (χ1v) is 10.4. The first kappa shape index (κ1) is 20.9. The molecule has 1 fully saturated rings. The fourth-order valence-corrected chi connectivity index (χ4v) is 3.92. The van der Waals surface area contributed by atoms with Gasteiger partial charge in [-0.15, -0.1) is 0 Å². The van der Waals surface area contributed by atoms with Gasteiger partial charge in [0.25, 0.3) is 0 Å². The van der Waals surface area contributed by atoms with Crippen molar-refractivity contribution in [1.29, 1.82) is 0 Å². The molecule has 31 heavy (non-hydrogen) atoms. The molecule has 1 aromatic heterocycles. The molecule has 160 valence electrons. The molecular formula is C23H23ClN4O3. The summed E-state index contributed by atoms with van der Waals surface area (Å²) in [5.41, 5.74) is 2.56. The monoisotopic (exact) mass is 438 g/mol. The van der Waals surface area contributed by atoms with Crippen LogP contribution in [0.1, 0.15) is 24.9 Å². The molecule has 1 aliphatic heterocycles. The number of hydrogen-bond donors (Lipinski definition) is 1. The van der Waals surface area contributed by atoms with Crippen LogP contribution in [0.4, 0.5) is 5.69 Å². The van der Waals surface area contributed by atoms with E-state index in [0.717, 1.165) is 11.3 Å². The first-order chi connectivity index (χ1) is 15.0. The second-order valence-electron chi connectivity index (χ2n) is 7.51. The maximum Gasteiger partial charge on any atom is 0.227 e. The molecule has 0 aliphatic carbocycles. The molecule has 2 atom stereocenters. The maximum atomic E-state index is 12.9. The SMILES string of the molecule is COc1ccc(Cl)cc1N1CC(C(=O)NC(C)c2ccc(-n3ccnc3)cc2)CC1=O. The summed E-state index contributed by atoms with van der Waals surface area (Å²) in [7, 11) is 1.54. The number of rotatable bonds is 6. The van der Waals surface area contributed by atoms with Crippen molar-refractivity contribution in [2.24, 2.45) is 5.92 Å². The number of imidazole rings is 1. The Kier molecular flexibility index (Phi) is 5.95. The Balaban J connectivity index is 1.42. The first-order valence-electron chi connectivity index (χ1n) is 9.99. The number of carbonyl (C=O) groups excluding carboxylic acids is 2. The molecule has 2 heterocycles. The van der Waals surface area contributed by atoms with E-state index in [-0.39, 0.29) is 30.8 Å². The van der Waals surface area contributed by atoms with E-state index in [4.69, 9.17) is 16.3 Å². The van der Waals surface area contributed by atoms with Gasteiger partial charge in [-0.2, -0.15) is 0 Å². The number of hydrogen-bond acceptors (Lipinski definition) is 4. The van der Waals surface area contributed by atoms with Crippen LogP contribution in [0.3, 0.4) is 0 Å². The Morgan fingerprint density at radius 1 is 1.26 bits per heavy atom. The highest BCUT2D eigenvalue weighted by Crippen LogP contribution is 2.35. The van der Waals surface area contributed by atoms with E-state index in [1.807, 2.05) is 42.0 Å². The minimum absolute atomic E-state index is 0.127. The lowest BCUT2D eigenvalue weighted by Gasteiger charge is -2.21. The molecule has 0 saturated carbocycles. The number of nitrogens with one attached hydrogen (secondary N) is 1. The molecule has 0 spiro atoms. The highest BCUT2D eigenvalue weighted by molar-refractivity contribution is 6.31. The van der Waals surface area contributed by atoms with E-state index < -0.39 is 5.92 Å². The topological polar surface area (TPSA) is 76.5 Å². The van der Waals surface area contributed by atoms with Crippen LogP contribution in [-0.2, 0) is 9.59 Å². The van der Waals surface area contributed by atoms with Crippen molar-refractivity contribution < 1.29 is 14.3 Å². The van der Waals surface area contributed by atoms with Gasteiger partial charge < -0.3 is 19.5 Å². The molecule has 1 N–H and O–H groups in total. The molecule has 2 unspecified atom stereocenters. The molecule has 2 aromatic carbocycles. The van der Waals surface area contributed by atoms with Gasteiger partial charge in [-0.1, -0.05) is 23.7 Å². The number of amides is 2. The Morgan fingerprint density at radius 2 is 2.03 bits per heavy atom. The Labute approximate surface area is 185 Å². The standard InChI is InChI=1S/C23H23ClN4O3/c1-15(16-3-6-19(7-4-16)27-10-9-25-14-27)26-23(30)17-11-22(29)28(13-17)20-12-18(24)5-8-21(20)31-2/h3-10,12,14-15,17H,11,13H2,1-2H3,(H,26,30). The second kappa shape index (κ2) is 8.81. The molecule has 4 rings (SSSR count). The van der Waals surface area contributed by atoms with E-state index in [1.165, 1.54) is 7.11 Å². The van der Waals surface area contributed by atoms with Gasteiger partial charge in [-0.3, -0.25) is 9.59 Å². The molecular weight excluding hydrogens is 416 g/mol. The number of ether oxygens (including phenoxy) is 1. The van der Waals surface area contributed by atoms with Crippen LogP contribution in [-0.4, -0.2) is 35.0 Å². The molecule has 2 amide bonds. The van der Waals surface area contributed by atoms with Crippen LogP contribution >= 0.6 is 11.6 Å². The minimum atomic E-state index is -0.441. The predicted octanol–water partition coefficient (Wildman–Crippen LogP) is 3.76. The van der Waals surface area contributed by atoms with Crippen molar-refractivity contribution in [2.75, 3.05) is 18.6 Å². The maximum absolute atomic E-state index is 12.9. The lowest BCUT2D eigenvalue weighted by atomic mass is 10.0. The molecule has 1 saturated heterocycles. The molecule has 0 radical (unpaired) electrons. The van der Waals surface area contributed by atoms with E-state index in [2.05, 4.69) is 10.3 Å². The second-order valence-corrected chi connectivity index (χ2v) is 7.95. The lowest BCUT2D eigenvalue weighted by Crippen LogP contribution is -2.34. The van der Waals surface area contributed by atoms with Gasteiger partial charge >= 0.3 is 0 Å². The molecule has 7 nitrogen and oxygen atoms in total. The normalized spacial score (nSPS) is 16.9. The third kappa shape index (κ3) is 4.41. The van der Waals surface area contributed by atoms with Crippen molar-refractivity contribution in [3.63, 3.8) is 0 Å². The molecule has 1 aliphatic rings. The Bertz CT molecular complexity index is 1080. The largest absolute Gasteiger partial charge is 0.495 e. The van der Waals surface area contributed by atoms with Crippen LogP contribution < -0.4 is 15.0 Å². The zero-order valence-corrected chi connectivity index (χ0v) is 18.0. The summed E-state index contributed by atoms with van der Waals surface area (Å²) < 4.78 is 7.27. The number of methoxy groups -OCH3 is 1. The number of benzene rings is 2. The zero-order valence-electron chi connectivity index (χ0n) is 17.3. The van der Waals surface area contributed by atoms with Gasteiger partial charge in [0.2, 0.25) is 11.8 Å². The summed E-state index contributed by atoms with van der Waals surface area (Å²) in [4.78, 5) is 31.1. The van der Waals surface area contributed by atoms with E-state index in [1.54, 1.807) is 35.6 Å². The number of anilines is 1. The summed E-state index contributed by atoms with van der Waals surface area (Å²) in [5.74, 6) is -0.171. The highest BCUT2D eigenvalue weighted by Gasteiger charge is 2.36. The Hall–Kier alpha value is -3.32. The molecule has 3 aromatic rings. The van der Waals surface area contributed by atoms with Crippen molar-refractivity contribution in [3.8, 4) is 11.4 Å². The van der Waals surface area contributed by atoms with Gasteiger partial charge in [-0.25, -0.2) is 4.98 Å². The predicted molar refractivity (Wildman–Crippen MR) is 119 cm³/mol. The van der Waals surface area contributed by atoms with Crippen molar-refractivity contribution >= 4 is 29.1 Å². The highest BCUT2D eigenvalue weighted by atomic mass is 35.5. The van der Waals surface area contributed by atoms with Crippen LogP contribution in [0, 0.1) is 5.92 Å². The third-order valence-corrected chi connectivity index (χ3v) is 5.72. The fourth-order valence-electron chi connectivity index (χ4n) is 3.75. The lowest BCUT2D eigenvalue weighted by molar-refractivity contribution is -0.126. The average molecular weight is 439 g/mol. The summed E-state index contributed by atoms with van der Waals surface area (Å²) in [6.07, 6.45) is 5.48. The molecule has 8 heteroatoms. The summed E-state index contributed by atoms with van der Waals surface area (Å²) in [6, 6.07) is 12.8. The zero-order chi connectivity index (χ0) is 22.0. The summed E-state index contributed by atoms with van der Waals surface area (Å²) in [6.45, 7) is 2.21. The minimum Gasteiger partial charge on any atom is -0.495 e. The smallest absolute Gasteiger partial charge is 0.227 e. The fraction of sp³-hybridized carbons (Fsp3) is 0.261. The van der Waals surface area contributed by atoms with Crippen molar-refractivity contribution in [3.05, 3.63) is 71.8 Å². The third-order valence-electron chi connectivity index (χ3n) is 5.48. The van der Waals surface area contributed by atoms with E-state index >= 15 is 0 Å². The van der Waals surface area contributed by atoms with E-state index in [9.17, 15) is 9.59 Å². The number of nitrogens with zero attached hydrogens (tertiary/aromatic N) is 3. The van der Waals surface area contributed by atoms with Crippen molar-refractivity contribution in [1.82, 2.24) is 14.9 Å². The van der Waals surface area contributed by atoms with Crippen LogP contribution in [0.25, 0.3) is 5.69 Å². The number of aromatic nitrogens is 2. The number of halogens is 1. The van der Waals surface area contributed by atoms with Crippen LogP contribution in [0.5, 0.6) is 5.75 Å². The van der Waals surface area contributed by atoms with Crippen LogP contribution in [0.15, 0.2) is 61.2 Å². The molecule has 0 bridgehead atoms. The van der Waals surface area contributed by atoms with E-state index in [0.29, 0.717) is 16.5 Å². The van der Waals surface area contributed by atoms with Crippen molar-refractivity contribution in [2.45, 2.75) is 19.4 Å². The van der Waals surface area contributed by atoms with Gasteiger partial charge in [0.05, 0.1) is 31.1 Å². The summed E-state index contributed by atoms with van der Waals surface area (Å²) >= 11 is 6.10. The Morgan fingerprint density at radius 3 is 2.71 bits per heavy atom. The number of carbonyl (C=O) groups is 2. The van der Waals surface area contributed by atoms with Crippen LogP contribution in [0.2, 0.25) is 5.02 Å². The average Bonchev–Trinajstić information content (AvgIpc) is 3.44. The van der Waals surface area contributed by atoms with Gasteiger partial charge in [-0.05, 0) is 42.8 Å². The van der Waals surface area contributed by atoms with Gasteiger partial charge in [0.1, 0.15) is 5.75 Å². The van der Waals surface area contributed by atoms with Gasteiger partial charge in [0.15, 0.2) is 0 Å². The van der Waals surface area contributed by atoms with Gasteiger partial charge in [0, 0.05) is 36.1 Å². The summed E-state index contributed by atoms with van der Waals surface area (Å²) in [5, 5.41) is 3.53. The quantitative estimate of drug-likeness (QED) is 0.635.